The van der Waals surface area contributed by atoms with Crippen LogP contribution in [0.15, 0.2) is 35.9 Å². The Labute approximate surface area is 217 Å². The number of Topliss-reactive ketones (excluding diaryl/α,β-unsaturated/α-hetero) is 1. The highest BCUT2D eigenvalue weighted by atomic mass is 127. The molecule has 1 aromatic carbocycles. The standard InChI is InChI=1S/C29H37IO4/c1-17-14-25-23-9-8-20-16-22(34-26(32)19-6-5-7-21(30)15-19)10-12-27(20,3)24(23)11-13-28(25,4)29(17,33)18(2)31/h5-7,11,15,17,20,22-23,25,33H,8-10,12-14,16H2,1-4H3/t17-,20-,22-,23-,25-,27-,28-,29-/m1/s1. The Hall–Kier alpha value is -1.21. The van der Waals surface area contributed by atoms with Crippen molar-refractivity contribution in [2.45, 2.75) is 84.3 Å². The SMILES string of the molecule is CC(=O)[C@]1(O)[C@H](C)C[C@@H]2[C@@H]3CC[C@@H]4C[C@H](OC(=O)c5cccc(I)c5)CC[C@@]4(C)C3=CC[C@]21C. The van der Waals surface area contributed by atoms with Crippen LogP contribution >= 0.6 is 22.6 Å². The van der Waals surface area contributed by atoms with Crippen molar-refractivity contribution in [1.29, 1.82) is 0 Å². The van der Waals surface area contributed by atoms with Crippen LogP contribution in [-0.2, 0) is 9.53 Å². The molecule has 0 amide bonds. The van der Waals surface area contributed by atoms with E-state index in [0.717, 1.165) is 48.5 Å². The van der Waals surface area contributed by atoms with Gasteiger partial charge in [-0.2, -0.15) is 0 Å². The molecule has 5 heteroatoms. The minimum atomic E-state index is -1.22. The maximum Gasteiger partial charge on any atom is 0.338 e. The summed E-state index contributed by atoms with van der Waals surface area (Å²) in [7, 11) is 0. The summed E-state index contributed by atoms with van der Waals surface area (Å²) in [6.45, 7) is 8.21. The van der Waals surface area contributed by atoms with E-state index in [-0.39, 0.29) is 34.6 Å². The van der Waals surface area contributed by atoms with Crippen LogP contribution in [0.5, 0.6) is 0 Å². The topological polar surface area (TPSA) is 63.6 Å². The first kappa shape index (κ1) is 24.5. The number of carbonyl (C=O) groups is 2. The van der Waals surface area contributed by atoms with Gasteiger partial charge in [0.2, 0.25) is 0 Å². The average Bonchev–Trinajstić information content (AvgIpc) is 3.01. The molecule has 3 saturated carbocycles. The molecule has 8 atom stereocenters. The van der Waals surface area contributed by atoms with Gasteiger partial charge in [-0.05, 0) is 122 Å². The summed E-state index contributed by atoms with van der Waals surface area (Å²) < 4.78 is 7.02. The van der Waals surface area contributed by atoms with Crippen LogP contribution in [0.3, 0.4) is 0 Å². The summed E-state index contributed by atoms with van der Waals surface area (Å²) in [5, 5.41) is 11.6. The number of aliphatic hydroxyl groups is 1. The molecule has 184 valence electrons. The minimum absolute atomic E-state index is 0.00512. The first-order chi connectivity index (χ1) is 16.0. The third-order valence-electron chi connectivity index (χ3n) is 10.4. The van der Waals surface area contributed by atoms with Gasteiger partial charge >= 0.3 is 5.97 Å². The fraction of sp³-hybridized carbons (Fsp3) is 0.655. The van der Waals surface area contributed by atoms with Crippen molar-refractivity contribution in [1.82, 2.24) is 0 Å². The molecule has 1 N–H and O–H groups in total. The number of ketones is 1. The zero-order valence-corrected chi connectivity index (χ0v) is 22.9. The molecule has 0 aliphatic heterocycles. The number of carbonyl (C=O) groups excluding carboxylic acids is 2. The smallest absolute Gasteiger partial charge is 0.338 e. The normalized spacial score (nSPS) is 43.2. The zero-order chi connectivity index (χ0) is 24.5. The molecule has 0 heterocycles. The number of hydrogen-bond donors (Lipinski definition) is 1. The highest BCUT2D eigenvalue weighted by molar-refractivity contribution is 14.1. The van der Waals surface area contributed by atoms with Crippen molar-refractivity contribution in [3.8, 4) is 0 Å². The first-order valence-electron chi connectivity index (χ1n) is 12.9. The van der Waals surface area contributed by atoms with Gasteiger partial charge in [-0.3, -0.25) is 4.79 Å². The lowest BCUT2D eigenvalue weighted by molar-refractivity contribution is -0.156. The molecule has 0 unspecified atom stereocenters. The maximum absolute atomic E-state index is 12.8. The Bertz CT molecular complexity index is 1050. The number of esters is 1. The third kappa shape index (κ3) is 3.47. The number of hydrogen-bond acceptors (Lipinski definition) is 4. The van der Waals surface area contributed by atoms with E-state index in [9.17, 15) is 14.7 Å². The zero-order valence-electron chi connectivity index (χ0n) is 20.8. The summed E-state index contributed by atoms with van der Waals surface area (Å²) in [5.41, 5.74) is 0.712. The first-order valence-corrected chi connectivity index (χ1v) is 14.0. The van der Waals surface area contributed by atoms with Crippen molar-refractivity contribution in [3.05, 3.63) is 45.0 Å². The Morgan fingerprint density at radius 1 is 1.15 bits per heavy atom. The van der Waals surface area contributed by atoms with E-state index >= 15 is 0 Å². The molecule has 0 saturated heterocycles. The fourth-order valence-electron chi connectivity index (χ4n) is 8.52. The van der Waals surface area contributed by atoms with Crippen LogP contribution in [0.1, 0.15) is 83.0 Å². The lowest BCUT2D eigenvalue weighted by Gasteiger charge is -2.57. The summed E-state index contributed by atoms with van der Waals surface area (Å²) in [4.78, 5) is 25.4. The van der Waals surface area contributed by atoms with Crippen LogP contribution in [0.4, 0.5) is 0 Å². The van der Waals surface area contributed by atoms with Gasteiger partial charge in [0.25, 0.3) is 0 Å². The van der Waals surface area contributed by atoms with Gasteiger partial charge in [0.15, 0.2) is 5.78 Å². The molecule has 0 spiro atoms. The predicted octanol–water partition coefficient (Wildman–Crippen LogP) is 6.35. The highest BCUT2D eigenvalue weighted by Gasteiger charge is 2.66. The Morgan fingerprint density at radius 3 is 2.62 bits per heavy atom. The predicted molar refractivity (Wildman–Crippen MR) is 140 cm³/mol. The van der Waals surface area contributed by atoms with E-state index in [1.807, 2.05) is 24.3 Å². The Balaban J connectivity index is 1.35. The molecule has 0 radical (unpaired) electrons. The van der Waals surface area contributed by atoms with Crippen molar-refractivity contribution in [2.24, 2.45) is 34.5 Å². The Kier molecular flexibility index (Phi) is 6.07. The molecular weight excluding hydrogens is 539 g/mol. The highest BCUT2D eigenvalue weighted by Crippen LogP contribution is 2.67. The fourth-order valence-corrected chi connectivity index (χ4v) is 9.07. The Morgan fingerprint density at radius 2 is 1.91 bits per heavy atom. The van der Waals surface area contributed by atoms with E-state index < -0.39 is 5.60 Å². The lowest BCUT2D eigenvalue weighted by atomic mass is 9.48. The third-order valence-corrected chi connectivity index (χ3v) is 11.1. The second-order valence-corrected chi connectivity index (χ2v) is 13.2. The van der Waals surface area contributed by atoms with Gasteiger partial charge in [-0.25, -0.2) is 4.79 Å². The molecule has 4 aliphatic carbocycles. The van der Waals surface area contributed by atoms with E-state index in [0.29, 0.717) is 23.3 Å². The van der Waals surface area contributed by atoms with E-state index in [2.05, 4.69) is 49.4 Å². The second kappa shape index (κ2) is 8.43. The van der Waals surface area contributed by atoms with Crippen LogP contribution in [0.2, 0.25) is 0 Å². The van der Waals surface area contributed by atoms with Gasteiger partial charge in [0, 0.05) is 8.99 Å². The van der Waals surface area contributed by atoms with E-state index in [4.69, 9.17) is 4.74 Å². The molecule has 4 aliphatic rings. The van der Waals surface area contributed by atoms with Crippen molar-refractivity contribution >= 4 is 34.3 Å². The molecule has 5 rings (SSSR count). The van der Waals surface area contributed by atoms with E-state index in [1.165, 1.54) is 0 Å². The number of ether oxygens (including phenoxy) is 1. The quantitative estimate of drug-likeness (QED) is 0.259. The molecule has 0 bridgehead atoms. The summed E-state index contributed by atoms with van der Waals surface area (Å²) in [6, 6.07) is 7.60. The second-order valence-electron chi connectivity index (χ2n) is 12.0. The van der Waals surface area contributed by atoms with Crippen LogP contribution < -0.4 is 0 Å². The monoisotopic (exact) mass is 576 g/mol. The van der Waals surface area contributed by atoms with Gasteiger partial charge in [-0.1, -0.05) is 38.5 Å². The largest absolute Gasteiger partial charge is 0.459 e. The number of benzene rings is 1. The molecule has 0 aromatic heterocycles. The van der Waals surface area contributed by atoms with E-state index in [1.54, 1.807) is 12.5 Å². The number of fused-ring (bicyclic) bond motifs is 5. The minimum Gasteiger partial charge on any atom is -0.459 e. The lowest BCUT2D eigenvalue weighted by Crippen LogP contribution is -2.56. The summed E-state index contributed by atoms with van der Waals surface area (Å²) in [5.74, 6) is 1.02. The molecule has 3 fully saturated rings. The van der Waals surface area contributed by atoms with Crippen LogP contribution in [0, 0.1) is 38.1 Å². The summed E-state index contributed by atoms with van der Waals surface area (Å²) >= 11 is 2.22. The van der Waals surface area contributed by atoms with Crippen LogP contribution in [0.25, 0.3) is 0 Å². The van der Waals surface area contributed by atoms with Gasteiger partial charge in [0.05, 0.1) is 5.56 Å². The number of rotatable bonds is 3. The molecule has 4 nitrogen and oxygen atoms in total. The van der Waals surface area contributed by atoms with Gasteiger partial charge in [-0.15, -0.1) is 0 Å². The van der Waals surface area contributed by atoms with Crippen LogP contribution in [-0.4, -0.2) is 28.6 Å². The maximum atomic E-state index is 12.8. The number of allylic oxidation sites excluding steroid dienone is 2. The van der Waals surface area contributed by atoms with Crippen molar-refractivity contribution in [2.75, 3.05) is 0 Å². The van der Waals surface area contributed by atoms with Gasteiger partial charge < -0.3 is 9.84 Å². The van der Waals surface area contributed by atoms with Gasteiger partial charge in [0.1, 0.15) is 11.7 Å². The van der Waals surface area contributed by atoms with Crippen molar-refractivity contribution < 1.29 is 19.4 Å². The molecular formula is C29H37IO4. The molecule has 34 heavy (non-hydrogen) atoms. The molecule has 1 aromatic rings. The summed E-state index contributed by atoms with van der Waals surface area (Å²) in [6.07, 6.45) is 9.14. The van der Waals surface area contributed by atoms with Crippen molar-refractivity contribution in [3.63, 3.8) is 0 Å². The number of halogens is 1. The average molecular weight is 577 g/mol.